The molecular weight excluding hydrogens is 575 g/mol. The molecule has 11 heteroatoms. The summed E-state index contributed by atoms with van der Waals surface area (Å²) in [6, 6.07) is 13.1. The Morgan fingerprint density at radius 2 is 1.88 bits per heavy atom. The molecule has 0 saturated heterocycles. The van der Waals surface area contributed by atoms with E-state index in [1.54, 1.807) is 68.5 Å². The third-order valence-electron chi connectivity index (χ3n) is 6.33. The summed E-state index contributed by atoms with van der Waals surface area (Å²) in [5, 5.41) is 1.01. The molecule has 0 N–H and O–H groups in total. The Morgan fingerprint density at radius 3 is 2.60 bits per heavy atom. The molecular formula is C29H24Cl2N2O6S. The molecule has 0 fully saturated rings. The van der Waals surface area contributed by atoms with Crippen molar-refractivity contribution in [1.29, 1.82) is 0 Å². The van der Waals surface area contributed by atoms with Gasteiger partial charge in [0.15, 0.2) is 16.3 Å². The van der Waals surface area contributed by atoms with Crippen molar-refractivity contribution in [2.45, 2.75) is 19.9 Å². The second kappa shape index (κ2) is 11.4. The van der Waals surface area contributed by atoms with Gasteiger partial charge in [-0.05, 0) is 61.9 Å². The monoisotopic (exact) mass is 598 g/mol. The van der Waals surface area contributed by atoms with Crippen molar-refractivity contribution in [1.82, 2.24) is 4.57 Å². The normalized spacial score (nSPS) is 15.1. The lowest BCUT2D eigenvalue weighted by atomic mass is 9.95. The number of aromatic nitrogens is 1. The van der Waals surface area contributed by atoms with Gasteiger partial charge in [0.1, 0.15) is 11.5 Å². The highest BCUT2D eigenvalue weighted by Gasteiger charge is 2.34. The fourth-order valence-electron chi connectivity index (χ4n) is 4.52. The molecule has 2 aromatic heterocycles. The summed E-state index contributed by atoms with van der Waals surface area (Å²) < 4.78 is 24.1. The number of benzene rings is 2. The molecule has 1 aliphatic rings. The van der Waals surface area contributed by atoms with Crippen LogP contribution in [-0.2, 0) is 9.53 Å². The van der Waals surface area contributed by atoms with E-state index in [2.05, 4.69) is 4.99 Å². The van der Waals surface area contributed by atoms with E-state index in [0.29, 0.717) is 59.2 Å². The molecule has 0 amide bonds. The Labute approximate surface area is 243 Å². The van der Waals surface area contributed by atoms with Crippen molar-refractivity contribution in [3.8, 4) is 22.8 Å². The van der Waals surface area contributed by atoms with Gasteiger partial charge in [0, 0.05) is 16.7 Å². The Bertz CT molecular complexity index is 1840. The minimum Gasteiger partial charge on any atom is -0.493 e. The number of furan rings is 1. The van der Waals surface area contributed by atoms with Crippen LogP contribution in [0.2, 0.25) is 10.0 Å². The van der Waals surface area contributed by atoms with Crippen LogP contribution in [0.25, 0.3) is 17.4 Å². The van der Waals surface area contributed by atoms with E-state index in [9.17, 15) is 9.59 Å². The van der Waals surface area contributed by atoms with Crippen LogP contribution in [0.5, 0.6) is 11.5 Å². The maximum Gasteiger partial charge on any atom is 0.338 e. The smallest absolute Gasteiger partial charge is 0.338 e. The van der Waals surface area contributed by atoms with Crippen LogP contribution in [0, 0.1) is 0 Å². The fraction of sp³-hybridized carbons (Fsp3) is 0.207. The van der Waals surface area contributed by atoms with Gasteiger partial charge in [0.2, 0.25) is 0 Å². The number of allylic oxidation sites excluding steroid dienone is 1. The van der Waals surface area contributed by atoms with E-state index in [-0.39, 0.29) is 17.7 Å². The zero-order chi connectivity index (χ0) is 28.6. The van der Waals surface area contributed by atoms with E-state index >= 15 is 0 Å². The molecule has 3 heterocycles. The van der Waals surface area contributed by atoms with Crippen molar-refractivity contribution in [3.05, 3.63) is 101 Å². The molecule has 0 bridgehead atoms. The van der Waals surface area contributed by atoms with E-state index in [4.69, 9.17) is 41.8 Å². The number of ether oxygens (including phenoxy) is 3. The summed E-state index contributed by atoms with van der Waals surface area (Å²) in [5.74, 6) is 1.38. The number of halogens is 2. The number of rotatable bonds is 7. The van der Waals surface area contributed by atoms with Crippen LogP contribution >= 0.6 is 34.5 Å². The summed E-state index contributed by atoms with van der Waals surface area (Å²) in [7, 11) is 3.06. The fourth-order valence-corrected chi connectivity index (χ4v) is 5.93. The third kappa shape index (κ3) is 5.08. The van der Waals surface area contributed by atoms with Crippen molar-refractivity contribution in [3.63, 3.8) is 0 Å². The van der Waals surface area contributed by atoms with Gasteiger partial charge < -0.3 is 18.6 Å². The van der Waals surface area contributed by atoms with Gasteiger partial charge >= 0.3 is 5.97 Å². The second-order valence-electron chi connectivity index (χ2n) is 8.74. The number of methoxy groups -OCH3 is 2. The van der Waals surface area contributed by atoms with Crippen molar-refractivity contribution < 1.29 is 23.4 Å². The average Bonchev–Trinajstić information content (AvgIpc) is 3.53. The number of hydrogen-bond acceptors (Lipinski definition) is 8. The predicted octanol–water partition coefficient (Wildman–Crippen LogP) is 5.38. The van der Waals surface area contributed by atoms with Crippen LogP contribution in [-0.4, -0.2) is 31.4 Å². The molecule has 0 radical (unpaired) electrons. The van der Waals surface area contributed by atoms with Gasteiger partial charge in [-0.2, -0.15) is 0 Å². The molecule has 0 spiro atoms. The first kappa shape index (κ1) is 27.8. The van der Waals surface area contributed by atoms with Gasteiger partial charge in [-0.25, -0.2) is 9.79 Å². The standard InChI is InChI=1S/C29H24Cl2N2O6S/c1-5-38-28(35)25-15(2)32-29-33(26(25)16-6-10-22(36-3)23(12-16)37-4)27(34)24(40-29)14-18-8-11-21(39-18)19-13-17(30)7-9-20(19)31/h6-14,26H,5H2,1-4H3/b24-14-/t26-/m0/s1. The van der Waals surface area contributed by atoms with Crippen LogP contribution < -0.4 is 24.4 Å². The summed E-state index contributed by atoms with van der Waals surface area (Å²) >= 11 is 13.7. The van der Waals surface area contributed by atoms with Crippen molar-refractivity contribution >= 4 is 46.6 Å². The number of esters is 1. The molecule has 0 saturated carbocycles. The molecule has 0 aliphatic carbocycles. The minimum atomic E-state index is -0.797. The minimum absolute atomic E-state index is 0.177. The highest BCUT2D eigenvalue weighted by Crippen LogP contribution is 2.36. The molecule has 40 heavy (non-hydrogen) atoms. The topological polar surface area (TPSA) is 92.3 Å². The lowest BCUT2D eigenvalue weighted by Crippen LogP contribution is -2.39. The molecule has 1 atom stereocenters. The van der Waals surface area contributed by atoms with Crippen molar-refractivity contribution in [2.75, 3.05) is 20.8 Å². The molecule has 2 aromatic carbocycles. The number of hydrogen-bond donors (Lipinski definition) is 0. The van der Waals surface area contributed by atoms with E-state index in [0.717, 1.165) is 0 Å². The van der Waals surface area contributed by atoms with Crippen LogP contribution in [0.3, 0.4) is 0 Å². The number of carbonyl (C=O) groups is 1. The Kier molecular flexibility index (Phi) is 7.89. The SMILES string of the molecule is CCOC(=O)C1=C(C)N=c2s/c(=C\c3ccc(-c4cc(Cl)ccc4Cl)o3)c(=O)n2[C@H]1c1ccc(OC)c(OC)c1. The number of fused-ring (bicyclic) bond motifs is 1. The number of nitrogens with zero attached hydrogens (tertiary/aromatic N) is 2. The zero-order valence-electron chi connectivity index (χ0n) is 22.0. The molecule has 0 unspecified atom stereocenters. The number of thiazole rings is 1. The first-order chi connectivity index (χ1) is 19.2. The highest BCUT2D eigenvalue weighted by molar-refractivity contribution is 7.07. The third-order valence-corrected chi connectivity index (χ3v) is 7.88. The second-order valence-corrected chi connectivity index (χ2v) is 10.6. The van der Waals surface area contributed by atoms with Crippen LogP contribution in [0.4, 0.5) is 0 Å². The summed E-state index contributed by atoms with van der Waals surface area (Å²) in [6.45, 7) is 3.63. The molecule has 5 rings (SSSR count). The maximum absolute atomic E-state index is 13.9. The van der Waals surface area contributed by atoms with Crippen LogP contribution in [0.1, 0.15) is 31.2 Å². The van der Waals surface area contributed by atoms with Gasteiger partial charge in [-0.15, -0.1) is 0 Å². The van der Waals surface area contributed by atoms with E-state index in [1.807, 2.05) is 0 Å². The summed E-state index contributed by atoms with van der Waals surface area (Å²) in [6.07, 6.45) is 1.64. The highest BCUT2D eigenvalue weighted by atomic mass is 35.5. The lowest BCUT2D eigenvalue weighted by Gasteiger charge is -2.25. The number of carbonyl (C=O) groups excluding carboxylic acids is 1. The maximum atomic E-state index is 13.9. The van der Waals surface area contributed by atoms with Crippen LogP contribution in [0.15, 0.2) is 74.0 Å². The quantitative estimate of drug-likeness (QED) is 0.265. The van der Waals surface area contributed by atoms with E-state index in [1.165, 1.54) is 30.1 Å². The first-order valence-electron chi connectivity index (χ1n) is 12.2. The molecule has 8 nitrogen and oxygen atoms in total. The van der Waals surface area contributed by atoms with Crippen molar-refractivity contribution in [2.24, 2.45) is 4.99 Å². The molecule has 1 aliphatic heterocycles. The van der Waals surface area contributed by atoms with Gasteiger partial charge in [-0.1, -0.05) is 40.6 Å². The first-order valence-corrected chi connectivity index (χ1v) is 13.8. The summed E-state index contributed by atoms with van der Waals surface area (Å²) in [5.41, 5.74) is 1.67. The Morgan fingerprint density at radius 1 is 1.10 bits per heavy atom. The lowest BCUT2D eigenvalue weighted by molar-refractivity contribution is -0.139. The van der Waals surface area contributed by atoms with Gasteiger partial charge in [0.05, 0.1) is 47.7 Å². The van der Waals surface area contributed by atoms with E-state index < -0.39 is 12.0 Å². The molecule has 206 valence electrons. The zero-order valence-corrected chi connectivity index (χ0v) is 24.3. The average molecular weight is 599 g/mol. The molecule has 4 aromatic rings. The largest absolute Gasteiger partial charge is 0.493 e. The summed E-state index contributed by atoms with van der Waals surface area (Å²) in [4.78, 5) is 32.0. The Hall–Kier alpha value is -3.79. The van der Waals surface area contributed by atoms with Gasteiger partial charge in [-0.3, -0.25) is 9.36 Å². The Balaban J connectivity index is 1.66. The van der Waals surface area contributed by atoms with Gasteiger partial charge in [0.25, 0.3) is 5.56 Å². The predicted molar refractivity (Wildman–Crippen MR) is 154 cm³/mol.